The van der Waals surface area contributed by atoms with Crippen LogP contribution >= 0.6 is 11.3 Å². The van der Waals surface area contributed by atoms with Crippen LogP contribution in [0.4, 0.5) is 0 Å². The summed E-state index contributed by atoms with van der Waals surface area (Å²) in [5.74, 6) is -0.227. The molecule has 1 N–H and O–H groups in total. The van der Waals surface area contributed by atoms with Crippen molar-refractivity contribution in [3.63, 3.8) is 0 Å². The molecule has 0 spiro atoms. The van der Waals surface area contributed by atoms with Crippen molar-refractivity contribution in [3.8, 4) is 5.75 Å². The van der Waals surface area contributed by atoms with Crippen LogP contribution in [-0.2, 0) is 16.6 Å². The van der Waals surface area contributed by atoms with Gasteiger partial charge in [0.1, 0.15) is 10.6 Å². The van der Waals surface area contributed by atoms with Crippen molar-refractivity contribution in [2.75, 3.05) is 7.05 Å². The molecule has 0 saturated heterocycles. The van der Waals surface area contributed by atoms with Crippen molar-refractivity contribution in [1.82, 2.24) is 4.31 Å². The molecule has 2 rings (SSSR count). The van der Waals surface area contributed by atoms with Gasteiger partial charge in [0.15, 0.2) is 0 Å². The van der Waals surface area contributed by atoms with Gasteiger partial charge in [0.25, 0.3) is 0 Å². The van der Waals surface area contributed by atoms with Crippen LogP contribution in [0.25, 0.3) is 0 Å². The lowest BCUT2D eigenvalue weighted by Crippen LogP contribution is -2.26. The third kappa shape index (κ3) is 2.55. The Balaban J connectivity index is 2.29. The van der Waals surface area contributed by atoms with E-state index in [4.69, 9.17) is 0 Å². The molecule has 1 aromatic heterocycles. The van der Waals surface area contributed by atoms with Crippen molar-refractivity contribution >= 4 is 21.4 Å². The Hall–Kier alpha value is -1.37. The first-order valence-corrected chi connectivity index (χ1v) is 7.65. The molecule has 1 heterocycles. The van der Waals surface area contributed by atoms with E-state index in [0.717, 1.165) is 5.56 Å². The minimum absolute atomic E-state index is 0.0669. The largest absolute Gasteiger partial charge is 0.507 e. The summed E-state index contributed by atoms with van der Waals surface area (Å²) >= 11 is 1.52. The van der Waals surface area contributed by atoms with Gasteiger partial charge in [0.05, 0.1) is 0 Å². The first kappa shape index (κ1) is 13.1. The van der Waals surface area contributed by atoms with Crippen LogP contribution in [0.1, 0.15) is 5.56 Å². The predicted molar refractivity (Wildman–Crippen MR) is 71.1 cm³/mol. The number of hydrogen-bond acceptors (Lipinski definition) is 4. The smallest absolute Gasteiger partial charge is 0.246 e. The van der Waals surface area contributed by atoms with Crippen LogP contribution in [-0.4, -0.2) is 24.9 Å². The fraction of sp³-hybridized carbons (Fsp3) is 0.167. The van der Waals surface area contributed by atoms with E-state index in [0.29, 0.717) is 6.54 Å². The highest BCUT2D eigenvalue weighted by molar-refractivity contribution is 7.89. The number of sulfonamides is 1. The molecule has 4 nitrogen and oxygen atoms in total. The molecule has 96 valence electrons. The van der Waals surface area contributed by atoms with Gasteiger partial charge in [0.2, 0.25) is 10.0 Å². The summed E-state index contributed by atoms with van der Waals surface area (Å²) in [6, 6.07) is 7.82. The van der Waals surface area contributed by atoms with Gasteiger partial charge in [-0.1, -0.05) is 12.1 Å². The number of hydrogen-bond donors (Lipinski definition) is 1. The third-order valence-electron chi connectivity index (χ3n) is 2.54. The molecule has 0 radical (unpaired) electrons. The Labute approximate surface area is 110 Å². The lowest BCUT2D eigenvalue weighted by atomic mass is 10.3. The summed E-state index contributed by atoms with van der Waals surface area (Å²) in [7, 11) is -2.16. The number of phenols is 1. The zero-order valence-electron chi connectivity index (χ0n) is 9.78. The molecule has 0 aliphatic heterocycles. The summed E-state index contributed by atoms with van der Waals surface area (Å²) in [5, 5.41) is 13.4. The van der Waals surface area contributed by atoms with E-state index < -0.39 is 10.0 Å². The van der Waals surface area contributed by atoms with Crippen LogP contribution < -0.4 is 0 Å². The first-order valence-electron chi connectivity index (χ1n) is 5.27. The van der Waals surface area contributed by atoms with E-state index in [1.54, 1.807) is 12.1 Å². The molecule has 0 bridgehead atoms. The van der Waals surface area contributed by atoms with E-state index in [9.17, 15) is 13.5 Å². The fourth-order valence-electron chi connectivity index (χ4n) is 1.57. The summed E-state index contributed by atoms with van der Waals surface area (Å²) in [6.07, 6.45) is 0. The maximum atomic E-state index is 12.2. The second kappa shape index (κ2) is 5.09. The van der Waals surface area contributed by atoms with E-state index in [-0.39, 0.29) is 10.6 Å². The molecule has 1 aromatic carbocycles. The van der Waals surface area contributed by atoms with Crippen molar-refractivity contribution in [2.24, 2.45) is 0 Å². The Morgan fingerprint density at radius 2 is 2.00 bits per heavy atom. The molecule has 0 saturated carbocycles. The van der Waals surface area contributed by atoms with Crippen molar-refractivity contribution in [2.45, 2.75) is 11.4 Å². The molecule has 18 heavy (non-hydrogen) atoms. The number of thiophene rings is 1. The number of benzene rings is 1. The standard InChI is InChI=1S/C12H13NO3S2/c1-13(8-10-6-7-17-9-10)18(15,16)12-5-3-2-4-11(12)14/h2-7,9,14H,8H2,1H3. The van der Waals surface area contributed by atoms with Gasteiger partial charge in [-0.05, 0) is 34.5 Å². The van der Waals surface area contributed by atoms with Crippen LogP contribution in [0.5, 0.6) is 5.75 Å². The lowest BCUT2D eigenvalue weighted by Gasteiger charge is -2.17. The van der Waals surface area contributed by atoms with Crippen molar-refractivity contribution in [3.05, 3.63) is 46.7 Å². The van der Waals surface area contributed by atoms with Crippen LogP contribution in [0.15, 0.2) is 46.0 Å². The second-order valence-electron chi connectivity index (χ2n) is 3.86. The third-order valence-corrected chi connectivity index (χ3v) is 5.12. The molecule has 0 aliphatic carbocycles. The molecule has 0 fully saturated rings. The second-order valence-corrected chi connectivity index (χ2v) is 6.65. The maximum Gasteiger partial charge on any atom is 0.246 e. The fourth-order valence-corrected chi connectivity index (χ4v) is 3.47. The SMILES string of the molecule is CN(Cc1ccsc1)S(=O)(=O)c1ccccc1O. The van der Waals surface area contributed by atoms with E-state index in [2.05, 4.69) is 0 Å². The highest BCUT2D eigenvalue weighted by atomic mass is 32.2. The first-order chi connectivity index (χ1) is 8.51. The topological polar surface area (TPSA) is 57.6 Å². The lowest BCUT2D eigenvalue weighted by molar-refractivity contribution is 0.440. The monoisotopic (exact) mass is 283 g/mol. The number of phenolic OH excluding ortho intramolecular Hbond substituents is 1. The van der Waals surface area contributed by atoms with Crippen molar-refractivity contribution in [1.29, 1.82) is 0 Å². The molecular formula is C12H13NO3S2. The van der Waals surface area contributed by atoms with Gasteiger partial charge >= 0.3 is 0 Å². The average Bonchev–Trinajstić information content (AvgIpc) is 2.82. The molecular weight excluding hydrogens is 270 g/mol. The summed E-state index contributed by atoms with van der Waals surface area (Å²) in [5.41, 5.74) is 0.932. The van der Waals surface area contributed by atoms with Crippen LogP contribution in [0.3, 0.4) is 0 Å². The van der Waals surface area contributed by atoms with Gasteiger partial charge in [-0.2, -0.15) is 15.6 Å². The predicted octanol–water partition coefficient (Wildman–Crippen LogP) is 2.27. The van der Waals surface area contributed by atoms with E-state index in [1.807, 2.05) is 16.8 Å². The summed E-state index contributed by atoms with van der Waals surface area (Å²) in [4.78, 5) is -0.0669. The van der Waals surface area contributed by atoms with Crippen LogP contribution in [0, 0.1) is 0 Å². The molecule has 2 aromatic rings. The normalized spacial score (nSPS) is 11.9. The van der Waals surface area contributed by atoms with Gasteiger partial charge in [-0.3, -0.25) is 0 Å². The van der Waals surface area contributed by atoms with E-state index in [1.165, 1.54) is 34.8 Å². The molecule has 6 heteroatoms. The molecule has 0 atom stereocenters. The average molecular weight is 283 g/mol. The number of nitrogens with zero attached hydrogens (tertiary/aromatic N) is 1. The zero-order chi connectivity index (χ0) is 13.2. The van der Waals surface area contributed by atoms with Gasteiger partial charge in [0, 0.05) is 13.6 Å². The Morgan fingerprint density at radius 3 is 2.61 bits per heavy atom. The summed E-state index contributed by atoms with van der Waals surface area (Å²) < 4.78 is 25.7. The van der Waals surface area contributed by atoms with Crippen molar-refractivity contribution < 1.29 is 13.5 Å². The number of para-hydroxylation sites is 1. The summed E-state index contributed by atoms with van der Waals surface area (Å²) in [6.45, 7) is 0.292. The zero-order valence-corrected chi connectivity index (χ0v) is 11.4. The molecule has 0 amide bonds. The van der Waals surface area contributed by atoms with Gasteiger partial charge in [-0.25, -0.2) is 8.42 Å². The Kier molecular flexibility index (Phi) is 3.70. The minimum Gasteiger partial charge on any atom is -0.507 e. The maximum absolute atomic E-state index is 12.2. The van der Waals surface area contributed by atoms with Gasteiger partial charge in [-0.15, -0.1) is 0 Å². The number of aromatic hydroxyl groups is 1. The quantitative estimate of drug-likeness (QED) is 0.936. The highest BCUT2D eigenvalue weighted by Gasteiger charge is 2.23. The minimum atomic E-state index is -3.66. The molecule has 0 unspecified atom stereocenters. The highest BCUT2D eigenvalue weighted by Crippen LogP contribution is 2.25. The molecule has 0 aliphatic rings. The van der Waals surface area contributed by atoms with Crippen LogP contribution in [0.2, 0.25) is 0 Å². The number of rotatable bonds is 4. The Bertz CT molecular complexity index is 621. The van der Waals surface area contributed by atoms with Gasteiger partial charge < -0.3 is 5.11 Å². The Morgan fingerprint density at radius 1 is 1.28 bits per heavy atom. The van der Waals surface area contributed by atoms with E-state index >= 15 is 0 Å².